The maximum atomic E-state index is 5.22. The van der Waals surface area contributed by atoms with Crippen LogP contribution < -0.4 is 0 Å². The van der Waals surface area contributed by atoms with E-state index >= 15 is 0 Å². The van der Waals surface area contributed by atoms with E-state index in [9.17, 15) is 0 Å². The number of aryl methyl sites for hydroxylation is 1. The lowest BCUT2D eigenvalue weighted by atomic mass is 10.2. The summed E-state index contributed by atoms with van der Waals surface area (Å²) in [5.74, 6) is 0.717. The molecule has 0 saturated carbocycles. The summed E-state index contributed by atoms with van der Waals surface area (Å²) in [5.41, 5.74) is 3.13. The van der Waals surface area contributed by atoms with Gasteiger partial charge in [-0.1, -0.05) is 53.2 Å². The molecule has 0 radical (unpaired) electrons. The Morgan fingerprint density at radius 1 is 1.00 bits per heavy atom. The molecule has 0 unspecified atom stereocenters. The van der Waals surface area contributed by atoms with Crippen LogP contribution in [0.3, 0.4) is 0 Å². The molecule has 0 aliphatic carbocycles. The number of nitrogens with zero attached hydrogens (tertiary/aromatic N) is 2. The van der Waals surface area contributed by atoms with Gasteiger partial charge < -0.3 is 4.52 Å². The molecule has 1 aromatic heterocycles. The molecule has 2 aromatic carbocycles. The van der Waals surface area contributed by atoms with E-state index in [-0.39, 0.29) is 0 Å². The summed E-state index contributed by atoms with van der Waals surface area (Å²) in [7, 11) is 0. The fraction of sp³-hybridized carbons (Fsp3) is 0.0667. The van der Waals surface area contributed by atoms with Crippen molar-refractivity contribution < 1.29 is 4.52 Å². The van der Waals surface area contributed by atoms with Gasteiger partial charge in [0.1, 0.15) is 0 Å². The van der Waals surface area contributed by atoms with E-state index in [1.807, 2.05) is 59.2 Å². The lowest BCUT2D eigenvalue weighted by Gasteiger charge is -2.05. The molecule has 0 spiro atoms. The molecule has 0 aliphatic rings. The number of hydrogen-bond donors (Lipinski definition) is 0. The molecule has 0 fully saturated rings. The zero-order valence-electron chi connectivity index (χ0n) is 10.4. The van der Waals surface area contributed by atoms with Crippen LogP contribution in [0.25, 0.3) is 17.1 Å². The quantitative estimate of drug-likeness (QED) is 0.654. The first-order valence-electron chi connectivity index (χ1n) is 5.97. The highest BCUT2D eigenvalue weighted by molar-refractivity contribution is 7.71. The standard InChI is InChI=1S/C15H12N2OS/c1-11-7-9-13(10-8-11)17-14(16-18-15(17)19)12-5-3-2-4-6-12/h2-10H,1H3. The molecule has 0 atom stereocenters. The Kier molecular flexibility index (Phi) is 3.01. The van der Waals surface area contributed by atoms with Crippen LogP contribution in [0.5, 0.6) is 0 Å². The third-order valence-corrected chi connectivity index (χ3v) is 3.19. The van der Waals surface area contributed by atoms with E-state index in [1.54, 1.807) is 0 Å². The number of rotatable bonds is 2. The summed E-state index contributed by atoms with van der Waals surface area (Å²) in [6.45, 7) is 2.05. The topological polar surface area (TPSA) is 31.0 Å². The van der Waals surface area contributed by atoms with Gasteiger partial charge in [-0.25, -0.2) is 4.57 Å². The zero-order valence-corrected chi connectivity index (χ0v) is 11.2. The Hall–Kier alpha value is -2.20. The normalized spacial score (nSPS) is 10.6. The van der Waals surface area contributed by atoms with E-state index in [0.29, 0.717) is 4.84 Å². The van der Waals surface area contributed by atoms with Gasteiger partial charge in [-0.15, -0.1) is 0 Å². The molecule has 4 heteroatoms. The second-order valence-electron chi connectivity index (χ2n) is 4.31. The van der Waals surface area contributed by atoms with Gasteiger partial charge in [0.2, 0.25) is 0 Å². The third-order valence-electron chi connectivity index (χ3n) is 2.93. The lowest BCUT2D eigenvalue weighted by molar-refractivity contribution is 0.403. The van der Waals surface area contributed by atoms with Crippen LogP contribution in [-0.4, -0.2) is 9.72 Å². The fourth-order valence-corrected chi connectivity index (χ4v) is 2.17. The molecular weight excluding hydrogens is 256 g/mol. The maximum Gasteiger partial charge on any atom is 0.302 e. The van der Waals surface area contributed by atoms with Crippen LogP contribution in [0, 0.1) is 11.8 Å². The molecule has 0 aliphatic heterocycles. The Labute approximate surface area is 116 Å². The van der Waals surface area contributed by atoms with Crippen molar-refractivity contribution in [3.63, 3.8) is 0 Å². The number of hydrogen-bond acceptors (Lipinski definition) is 3. The first-order valence-corrected chi connectivity index (χ1v) is 6.38. The molecule has 1 heterocycles. The molecule has 0 saturated heterocycles. The largest absolute Gasteiger partial charge is 0.323 e. The van der Waals surface area contributed by atoms with Crippen LogP contribution in [0.4, 0.5) is 0 Å². The maximum absolute atomic E-state index is 5.22. The molecule has 94 valence electrons. The zero-order chi connectivity index (χ0) is 13.2. The van der Waals surface area contributed by atoms with Gasteiger partial charge in [0, 0.05) is 5.56 Å². The highest BCUT2D eigenvalue weighted by Gasteiger charge is 2.11. The Morgan fingerprint density at radius 2 is 1.68 bits per heavy atom. The van der Waals surface area contributed by atoms with E-state index in [4.69, 9.17) is 16.7 Å². The predicted octanol–water partition coefficient (Wildman–Crippen LogP) is 4.17. The average Bonchev–Trinajstić information content (AvgIpc) is 2.83. The van der Waals surface area contributed by atoms with Gasteiger partial charge in [0.05, 0.1) is 5.69 Å². The summed E-state index contributed by atoms with van der Waals surface area (Å²) < 4.78 is 7.00. The lowest BCUT2D eigenvalue weighted by Crippen LogP contribution is -1.97. The monoisotopic (exact) mass is 268 g/mol. The van der Waals surface area contributed by atoms with Crippen LogP contribution >= 0.6 is 12.2 Å². The Balaban J connectivity index is 2.19. The van der Waals surface area contributed by atoms with Gasteiger partial charge in [-0.2, -0.15) is 0 Å². The van der Waals surface area contributed by atoms with Crippen molar-refractivity contribution in [3.05, 3.63) is 65.0 Å². The summed E-state index contributed by atoms with van der Waals surface area (Å²) in [6, 6.07) is 18.0. The summed E-state index contributed by atoms with van der Waals surface area (Å²) >= 11 is 5.22. The molecule has 3 rings (SSSR count). The van der Waals surface area contributed by atoms with Crippen molar-refractivity contribution in [2.45, 2.75) is 6.92 Å². The first-order chi connectivity index (χ1) is 9.25. The summed E-state index contributed by atoms with van der Waals surface area (Å²) in [6.07, 6.45) is 0. The van der Waals surface area contributed by atoms with Crippen LogP contribution in [-0.2, 0) is 0 Å². The average molecular weight is 268 g/mol. The van der Waals surface area contributed by atoms with Crippen molar-refractivity contribution in [3.8, 4) is 17.1 Å². The van der Waals surface area contributed by atoms with Crippen molar-refractivity contribution in [1.29, 1.82) is 0 Å². The summed E-state index contributed by atoms with van der Waals surface area (Å²) in [4.78, 5) is 0.350. The minimum absolute atomic E-state index is 0.350. The van der Waals surface area contributed by atoms with E-state index in [0.717, 1.165) is 17.1 Å². The van der Waals surface area contributed by atoms with Crippen molar-refractivity contribution in [2.75, 3.05) is 0 Å². The second-order valence-corrected chi connectivity index (χ2v) is 4.66. The molecule has 3 aromatic rings. The van der Waals surface area contributed by atoms with Crippen LogP contribution in [0.2, 0.25) is 0 Å². The van der Waals surface area contributed by atoms with Crippen LogP contribution in [0.1, 0.15) is 5.56 Å². The molecule has 3 nitrogen and oxygen atoms in total. The highest BCUT2D eigenvalue weighted by atomic mass is 32.1. The minimum atomic E-state index is 0.350. The van der Waals surface area contributed by atoms with E-state index in [2.05, 4.69) is 12.1 Å². The highest BCUT2D eigenvalue weighted by Crippen LogP contribution is 2.22. The fourth-order valence-electron chi connectivity index (χ4n) is 1.94. The number of aromatic nitrogens is 2. The Bertz CT molecular complexity index is 742. The third kappa shape index (κ3) is 2.22. The molecule has 0 N–H and O–H groups in total. The van der Waals surface area contributed by atoms with Crippen LogP contribution in [0.15, 0.2) is 59.1 Å². The van der Waals surface area contributed by atoms with Gasteiger partial charge >= 0.3 is 4.84 Å². The van der Waals surface area contributed by atoms with Gasteiger partial charge in [-0.05, 0) is 31.3 Å². The van der Waals surface area contributed by atoms with Crippen molar-refractivity contribution in [1.82, 2.24) is 9.72 Å². The van der Waals surface area contributed by atoms with Gasteiger partial charge in [0.25, 0.3) is 0 Å². The first kappa shape index (κ1) is 11.9. The molecular formula is C15H12N2OS. The van der Waals surface area contributed by atoms with E-state index < -0.39 is 0 Å². The van der Waals surface area contributed by atoms with Crippen molar-refractivity contribution >= 4 is 12.2 Å². The second kappa shape index (κ2) is 4.82. The Morgan fingerprint density at radius 3 is 2.37 bits per heavy atom. The number of benzene rings is 2. The molecule has 19 heavy (non-hydrogen) atoms. The SMILES string of the molecule is Cc1ccc(-n2c(-c3ccccc3)noc2=S)cc1. The van der Waals surface area contributed by atoms with Crippen molar-refractivity contribution in [2.24, 2.45) is 0 Å². The molecule has 0 bridgehead atoms. The van der Waals surface area contributed by atoms with Gasteiger partial charge in [-0.3, -0.25) is 0 Å². The smallest absolute Gasteiger partial charge is 0.302 e. The predicted molar refractivity (Wildman–Crippen MR) is 76.8 cm³/mol. The molecule has 0 amide bonds. The van der Waals surface area contributed by atoms with E-state index in [1.165, 1.54) is 5.56 Å². The summed E-state index contributed by atoms with van der Waals surface area (Å²) in [5, 5.41) is 4.07. The van der Waals surface area contributed by atoms with Gasteiger partial charge in [0.15, 0.2) is 5.82 Å². The minimum Gasteiger partial charge on any atom is -0.323 e.